The van der Waals surface area contributed by atoms with Crippen LogP contribution in [0, 0.1) is 6.92 Å². The summed E-state index contributed by atoms with van der Waals surface area (Å²) in [5, 5.41) is 4.83. The number of benzene rings is 3. The molecule has 186 valence electrons. The van der Waals surface area contributed by atoms with Crippen molar-refractivity contribution in [2.45, 2.75) is 56.1 Å². The number of carbonyl (C=O) groups excluding carboxylic acids is 1. The van der Waals surface area contributed by atoms with Gasteiger partial charge in [0.05, 0.1) is 28.5 Å². The van der Waals surface area contributed by atoms with Crippen LogP contribution in [-0.4, -0.2) is 29.8 Å². The van der Waals surface area contributed by atoms with E-state index in [9.17, 15) is 13.2 Å². The van der Waals surface area contributed by atoms with Crippen molar-refractivity contribution in [1.29, 1.82) is 0 Å². The summed E-state index contributed by atoms with van der Waals surface area (Å²) in [4.78, 5) is 13.2. The van der Waals surface area contributed by atoms with Crippen molar-refractivity contribution in [3.63, 3.8) is 0 Å². The first-order valence-electron chi connectivity index (χ1n) is 11.8. The van der Waals surface area contributed by atoms with Crippen LogP contribution in [0.1, 0.15) is 37.6 Å². The predicted molar refractivity (Wildman–Crippen MR) is 139 cm³/mol. The fraction of sp³-hybridized carbons (Fsp3) is 0.241. The molecule has 36 heavy (non-hydrogen) atoms. The fourth-order valence-electron chi connectivity index (χ4n) is 4.08. The number of carbonyl (C=O) groups is 1. The first-order valence-corrected chi connectivity index (χ1v) is 13.3. The van der Waals surface area contributed by atoms with Gasteiger partial charge in [-0.25, -0.2) is 8.42 Å². The molecule has 1 heterocycles. The maximum atomic E-state index is 13.4. The minimum atomic E-state index is -3.71. The third kappa shape index (κ3) is 5.57. The highest BCUT2D eigenvalue weighted by atomic mass is 32.2. The van der Waals surface area contributed by atoms with Gasteiger partial charge in [0.15, 0.2) is 0 Å². The molecule has 6 nitrogen and oxygen atoms in total. The van der Waals surface area contributed by atoms with Crippen molar-refractivity contribution in [2.24, 2.45) is 0 Å². The van der Waals surface area contributed by atoms with E-state index in [0.717, 1.165) is 16.8 Å². The van der Waals surface area contributed by atoms with Crippen LogP contribution >= 0.6 is 0 Å². The second-order valence-electron chi connectivity index (χ2n) is 9.62. The van der Waals surface area contributed by atoms with E-state index in [0.29, 0.717) is 11.3 Å². The Morgan fingerprint density at radius 3 is 2.11 bits per heavy atom. The standard InChI is InChI=1S/C29H30N2O4S/c1-21-25(19-27(32)35-29(2,3)4)28(22-13-7-5-8-14-22)30-31(21)20-23-15-11-12-18-26(23)36(33,34)24-16-9-6-10-17-24/h5-18H,19-20H2,1-4H3. The largest absolute Gasteiger partial charge is 0.460 e. The van der Waals surface area contributed by atoms with Gasteiger partial charge in [-0.2, -0.15) is 5.10 Å². The Bertz CT molecular complexity index is 1470. The SMILES string of the molecule is Cc1c(CC(=O)OC(C)(C)C)c(-c2ccccc2)nn1Cc1ccccc1S(=O)(=O)c1ccccc1. The smallest absolute Gasteiger partial charge is 0.310 e. The molecule has 4 rings (SSSR count). The molecule has 0 radical (unpaired) electrons. The van der Waals surface area contributed by atoms with Crippen molar-refractivity contribution >= 4 is 15.8 Å². The molecule has 0 amide bonds. The summed E-state index contributed by atoms with van der Waals surface area (Å²) in [5.74, 6) is -0.339. The van der Waals surface area contributed by atoms with Gasteiger partial charge in [-0.1, -0.05) is 66.7 Å². The maximum absolute atomic E-state index is 13.4. The lowest BCUT2D eigenvalue weighted by atomic mass is 10.0. The molecule has 0 fully saturated rings. The Hall–Kier alpha value is -3.71. The second-order valence-corrected chi connectivity index (χ2v) is 11.5. The normalized spacial score (nSPS) is 11.9. The average Bonchev–Trinajstić information content (AvgIpc) is 3.14. The highest BCUT2D eigenvalue weighted by Crippen LogP contribution is 2.29. The zero-order valence-corrected chi connectivity index (χ0v) is 21.7. The summed E-state index contributed by atoms with van der Waals surface area (Å²) >= 11 is 0. The van der Waals surface area contributed by atoms with E-state index >= 15 is 0 Å². The van der Waals surface area contributed by atoms with Crippen molar-refractivity contribution in [1.82, 2.24) is 9.78 Å². The van der Waals surface area contributed by atoms with E-state index in [1.54, 1.807) is 53.2 Å². The molecule has 0 N–H and O–H groups in total. The molecular weight excluding hydrogens is 472 g/mol. The lowest BCUT2D eigenvalue weighted by molar-refractivity contribution is -0.153. The number of nitrogens with zero attached hydrogens (tertiary/aromatic N) is 2. The third-order valence-electron chi connectivity index (χ3n) is 5.75. The van der Waals surface area contributed by atoms with Crippen LogP contribution < -0.4 is 0 Å². The van der Waals surface area contributed by atoms with Crippen molar-refractivity contribution in [3.05, 3.63) is 102 Å². The number of sulfone groups is 1. The Labute approximate surface area is 212 Å². The first-order chi connectivity index (χ1) is 17.1. The van der Waals surface area contributed by atoms with E-state index in [1.807, 2.05) is 64.1 Å². The number of hydrogen-bond acceptors (Lipinski definition) is 5. The minimum absolute atomic E-state index is 0.0668. The van der Waals surface area contributed by atoms with E-state index in [4.69, 9.17) is 9.84 Å². The molecule has 0 atom stereocenters. The average molecular weight is 503 g/mol. The van der Waals surface area contributed by atoms with E-state index in [1.165, 1.54) is 0 Å². The molecule has 0 saturated heterocycles. The van der Waals surface area contributed by atoms with Crippen LogP contribution in [0.2, 0.25) is 0 Å². The van der Waals surface area contributed by atoms with Gasteiger partial charge < -0.3 is 4.74 Å². The first kappa shape index (κ1) is 25.4. The molecule has 7 heteroatoms. The number of aromatic nitrogens is 2. The highest BCUT2D eigenvalue weighted by Gasteiger charge is 2.25. The van der Waals surface area contributed by atoms with Crippen LogP contribution in [0.5, 0.6) is 0 Å². The van der Waals surface area contributed by atoms with Crippen molar-refractivity contribution in [3.8, 4) is 11.3 Å². The van der Waals surface area contributed by atoms with Crippen LogP contribution in [-0.2, 0) is 32.3 Å². The summed E-state index contributed by atoms with van der Waals surface area (Å²) in [6.07, 6.45) is 0.0668. The van der Waals surface area contributed by atoms with E-state index < -0.39 is 15.4 Å². The molecule has 0 aliphatic rings. The molecule has 1 aromatic heterocycles. The summed E-state index contributed by atoms with van der Waals surface area (Å²) in [5.41, 5.74) is 3.13. The number of esters is 1. The molecule has 0 unspecified atom stereocenters. The van der Waals surface area contributed by atoms with Crippen LogP contribution in [0.15, 0.2) is 94.7 Å². The molecule has 0 bridgehead atoms. The topological polar surface area (TPSA) is 78.3 Å². The zero-order valence-electron chi connectivity index (χ0n) is 20.9. The molecule has 0 aliphatic heterocycles. The van der Waals surface area contributed by atoms with Gasteiger partial charge in [0, 0.05) is 16.8 Å². The quantitative estimate of drug-likeness (QED) is 0.306. The lowest BCUT2D eigenvalue weighted by Gasteiger charge is -2.19. The van der Waals surface area contributed by atoms with Crippen LogP contribution in [0.4, 0.5) is 0 Å². The van der Waals surface area contributed by atoms with Gasteiger partial charge in [-0.05, 0) is 51.5 Å². The van der Waals surface area contributed by atoms with Crippen molar-refractivity contribution < 1.29 is 17.9 Å². The third-order valence-corrected chi connectivity index (χ3v) is 7.62. The predicted octanol–water partition coefficient (Wildman–Crippen LogP) is 5.62. The Morgan fingerprint density at radius 2 is 1.47 bits per heavy atom. The Balaban J connectivity index is 1.76. The summed E-state index contributed by atoms with van der Waals surface area (Å²) in [6, 6.07) is 25.0. The Morgan fingerprint density at radius 1 is 0.889 bits per heavy atom. The molecule has 0 saturated carbocycles. The molecular formula is C29H30N2O4S. The summed E-state index contributed by atoms with van der Waals surface area (Å²) in [6.45, 7) is 7.64. The van der Waals surface area contributed by atoms with Crippen LogP contribution in [0.25, 0.3) is 11.3 Å². The number of rotatable bonds is 7. The van der Waals surface area contributed by atoms with E-state index in [-0.39, 0.29) is 28.7 Å². The maximum Gasteiger partial charge on any atom is 0.310 e. The summed E-state index contributed by atoms with van der Waals surface area (Å²) in [7, 11) is -3.71. The van der Waals surface area contributed by atoms with Gasteiger partial charge in [0.25, 0.3) is 0 Å². The number of ether oxygens (including phenoxy) is 1. The van der Waals surface area contributed by atoms with Gasteiger partial charge in [0.1, 0.15) is 5.60 Å². The van der Waals surface area contributed by atoms with Gasteiger partial charge >= 0.3 is 5.97 Å². The van der Waals surface area contributed by atoms with Gasteiger partial charge in [-0.15, -0.1) is 0 Å². The molecule has 4 aromatic rings. The van der Waals surface area contributed by atoms with E-state index in [2.05, 4.69) is 0 Å². The van der Waals surface area contributed by atoms with Gasteiger partial charge in [0.2, 0.25) is 9.84 Å². The lowest BCUT2D eigenvalue weighted by Crippen LogP contribution is -2.25. The summed E-state index contributed by atoms with van der Waals surface area (Å²) < 4.78 is 34.2. The minimum Gasteiger partial charge on any atom is -0.460 e. The van der Waals surface area contributed by atoms with Gasteiger partial charge in [-0.3, -0.25) is 9.48 Å². The highest BCUT2D eigenvalue weighted by molar-refractivity contribution is 7.91. The fourth-order valence-corrected chi connectivity index (χ4v) is 5.59. The monoisotopic (exact) mass is 502 g/mol. The molecule has 3 aromatic carbocycles. The second kappa shape index (κ2) is 10.1. The molecule has 0 spiro atoms. The number of hydrogen-bond donors (Lipinski definition) is 0. The Kier molecular flexibility index (Phi) is 7.13. The van der Waals surface area contributed by atoms with Crippen LogP contribution in [0.3, 0.4) is 0 Å². The molecule has 0 aliphatic carbocycles. The van der Waals surface area contributed by atoms with Crippen molar-refractivity contribution in [2.75, 3.05) is 0 Å². The zero-order chi connectivity index (χ0) is 25.9.